The first-order chi connectivity index (χ1) is 17.1. The molecule has 9 nitrogen and oxygen atoms in total. The van der Waals surface area contributed by atoms with Gasteiger partial charge in [0.05, 0.1) is 5.83 Å². The Kier molecular flexibility index (Phi) is 6.98. The maximum absolute atomic E-state index is 13.2. The summed E-state index contributed by atoms with van der Waals surface area (Å²) in [6.45, 7) is 4.29. The van der Waals surface area contributed by atoms with Gasteiger partial charge in [0.25, 0.3) is 5.89 Å². The van der Waals surface area contributed by atoms with Crippen LogP contribution in [0, 0.1) is 0 Å². The van der Waals surface area contributed by atoms with Crippen molar-refractivity contribution in [2.75, 3.05) is 18.1 Å². The Morgan fingerprint density at radius 1 is 1.11 bits per heavy atom. The Bertz CT molecular complexity index is 1180. The number of ether oxygens (including phenoxy) is 1. The molecule has 2 aliphatic carbocycles. The fourth-order valence-electron chi connectivity index (χ4n) is 3.75. The predicted molar refractivity (Wildman–Crippen MR) is 124 cm³/mol. The highest BCUT2D eigenvalue weighted by molar-refractivity contribution is 5.94. The average molecular weight is 482 g/mol. The van der Waals surface area contributed by atoms with Gasteiger partial charge in [-0.05, 0) is 44.2 Å². The second-order valence-electron chi connectivity index (χ2n) is 9.07. The van der Waals surface area contributed by atoms with E-state index < -0.39 is 5.83 Å². The summed E-state index contributed by atoms with van der Waals surface area (Å²) >= 11 is 0. The van der Waals surface area contributed by atoms with Crippen LogP contribution in [-0.4, -0.2) is 39.3 Å². The van der Waals surface area contributed by atoms with E-state index in [0.29, 0.717) is 54.7 Å². The molecule has 0 aliphatic heterocycles. The molecule has 2 heterocycles. The summed E-state index contributed by atoms with van der Waals surface area (Å²) in [7, 11) is 0. The van der Waals surface area contributed by atoms with E-state index in [4.69, 9.17) is 13.8 Å². The molecule has 0 unspecified atom stereocenters. The average Bonchev–Trinajstić information content (AvgIpc) is 3.80. The third kappa shape index (κ3) is 6.19. The Labute approximate surface area is 202 Å². The van der Waals surface area contributed by atoms with Crippen molar-refractivity contribution in [3.63, 3.8) is 0 Å². The molecule has 2 aliphatic rings. The number of carbonyl (C=O) groups is 1. The van der Waals surface area contributed by atoms with Crippen molar-refractivity contribution in [2.24, 2.45) is 0 Å². The summed E-state index contributed by atoms with van der Waals surface area (Å²) in [5, 5.41) is 8.07. The Balaban J connectivity index is 1.21. The van der Waals surface area contributed by atoms with Crippen molar-refractivity contribution >= 4 is 11.6 Å². The van der Waals surface area contributed by atoms with Crippen LogP contribution < -0.4 is 4.90 Å². The van der Waals surface area contributed by atoms with Gasteiger partial charge in [-0.2, -0.15) is 9.97 Å². The van der Waals surface area contributed by atoms with E-state index in [1.807, 2.05) is 24.3 Å². The topological polar surface area (TPSA) is 107 Å². The molecule has 3 aromatic rings. The van der Waals surface area contributed by atoms with Crippen LogP contribution in [-0.2, 0) is 16.1 Å². The van der Waals surface area contributed by atoms with E-state index in [0.717, 1.165) is 37.1 Å². The summed E-state index contributed by atoms with van der Waals surface area (Å²) in [4.78, 5) is 23.4. The zero-order chi connectivity index (χ0) is 24.2. The lowest BCUT2D eigenvalue weighted by molar-refractivity contribution is -0.118. The number of rotatable bonds is 13. The summed E-state index contributed by atoms with van der Waals surface area (Å²) in [5.74, 6) is 2.43. The smallest absolute Gasteiger partial charge is 0.252 e. The fourth-order valence-corrected chi connectivity index (χ4v) is 3.75. The summed E-state index contributed by atoms with van der Waals surface area (Å²) < 4.78 is 29.5. The quantitative estimate of drug-likeness (QED) is 0.311. The SMILES string of the molecule is C=C(F)CCC(=O)N(CCCOCc1nc(C2CC2)no1)c1cccc(-c2noc(C3CC3)n2)c1. The third-order valence-corrected chi connectivity index (χ3v) is 6.02. The summed E-state index contributed by atoms with van der Waals surface area (Å²) in [6, 6.07) is 7.41. The molecule has 0 bridgehead atoms. The van der Waals surface area contributed by atoms with Crippen molar-refractivity contribution in [1.82, 2.24) is 20.3 Å². The van der Waals surface area contributed by atoms with Crippen LogP contribution >= 0.6 is 0 Å². The van der Waals surface area contributed by atoms with Crippen molar-refractivity contribution in [3.05, 3.63) is 54.3 Å². The summed E-state index contributed by atoms with van der Waals surface area (Å²) in [5.41, 5.74) is 1.44. The van der Waals surface area contributed by atoms with Gasteiger partial charge in [-0.25, -0.2) is 4.39 Å². The van der Waals surface area contributed by atoms with Gasteiger partial charge in [0.1, 0.15) is 6.61 Å². The van der Waals surface area contributed by atoms with E-state index in [2.05, 4.69) is 26.9 Å². The minimum absolute atomic E-state index is 0.0123. The van der Waals surface area contributed by atoms with Gasteiger partial charge in [0.2, 0.25) is 17.6 Å². The zero-order valence-corrected chi connectivity index (χ0v) is 19.5. The Hall–Kier alpha value is -3.40. The first kappa shape index (κ1) is 23.3. The number of carbonyl (C=O) groups excluding carboxylic acids is 1. The molecule has 0 atom stereocenters. The lowest BCUT2D eigenvalue weighted by Gasteiger charge is -2.23. The van der Waals surface area contributed by atoms with Gasteiger partial charge in [-0.3, -0.25) is 4.79 Å². The Morgan fingerprint density at radius 2 is 1.94 bits per heavy atom. The van der Waals surface area contributed by atoms with Crippen LogP contribution in [0.1, 0.15) is 74.4 Å². The molecule has 10 heteroatoms. The van der Waals surface area contributed by atoms with Crippen LogP contribution in [0.5, 0.6) is 0 Å². The van der Waals surface area contributed by atoms with Gasteiger partial charge in [0.15, 0.2) is 5.82 Å². The zero-order valence-electron chi connectivity index (χ0n) is 19.5. The maximum Gasteiger partial charge on any atom is 0.252 e. The minimum Gasteiger partial charge on any atom is -0.372 e. The van der Waals surface area contributed by atoms with Crippen LogP contribution in [0.2, 0.25) is 0 Å². The minimum atomic E-state index is -0.514. The molecule has 184 valence electrons. The van der Waals surface area contributed by atoms with Gasteiger partial charge in [0, 0.05) is 49.1 Å². The predicted octanol–water partition coefficient (Wildman–Crippen LogP) is 5.08. The number of anilines is 1. The number of allylic oxidation sites excluding steroid dienone is 1. The number of halogens is 1. The molecule has 0 N–H and O–H groups in total. The van der Waals surface area contributed by atoms with Crippen molar-refractivity contribution in [1.29, 1.82) is 0 Å². The molecule has 0 radical (unpaired) electrons. The molecule has 2 aromatic heterocycles. The monoisotopic (exact) mass is 481 g/mol. The normalized spacial score (nSPS) is 15.3. The molecule has 0 spiro atoms. The molecule has 5 rings (SSSR count). The van der Waals surface area contributed by atoms with E-state index >= 15 is 0 Å². The second-order valence-corrected chi connectivity index (χ2v) is 9.07. The van der Waals surface area contributed by atoms with Gasteiger partial charge >= 0.3 is 0 Å². The number of nitrogens with zero attached hydrogens (tertiary/aromatic N) is 5. The lowest BCUT2D eigenvalue weighted by atomic mass is 10.1. The number of aromatic nitrogens is 4. The van der Waals surface area contributed by atoms with Crippen LogP contribution in [0.3, 0.4) is 0 Å². The molecule has 35 heavy (non-hydrogen) atoms. The standard InChI is InChI=1S/C25H28FN5O4/c1-16(26)6-11-22(32)31(12-3-13-33-15-21-27-23(29-34-21)17-7-8-17)20-5-2-4-19(14-20)24-28-25(35-30-24)18-9-10-18/h2,4-5,14,17-18H,1,3,6-13,15H2. The highest BCUT2D eigenvalue weighted by Gasteiger charge is 2.30. The van der Waals surface area contributed by atoms with Crippen molar-refractivity contribution in [3.8, 4) is 11.4 Å². The molecule has 2 fully saturated rings. The molecule has 2 saturated carbocycles. The first-order valence-electron chi connectivity index (χ1n) is 12.0. The van der Waals surface area contributed by atoms with Crippen LogP contribution in [0.4, 0.5) is 10.1 Å². The van der Waals surface area contributed by atoms with E-state index in [-0.39, 0.29) is 25.4 Å². The molecular weight excluding hydrogens is 453 g/mol. The van der Waals surface area contributed by atoms with E-state index in [1.165, 1.54) is 0 Å². The third-order valence-electron chi connectivity index (χ3n) is 6.02. The molecule has 1 amide bonds. The molecule has 0 saturated heterocycles. The van der Waals surface area contributed by atoms with Gasteiger partial charge in [-0.15, -0.1) is 0 Å². The van der Waals surface area contributed by atoms with E-state index in [1.54, 1.807) is 4.90 Å². The molecular formula is C25H28FN5O4. The van der Waals surface area contributed by atoms with E-state index in [9.17, 15) is 9.18 Å². The Morgan fingerprint density at radius 3 is 2.71 bits per heavy atom. The molecule has 1 aromatic carbocycles. The largest absolute Gasteiger partial charge is 0.372 e. The number of benzene rings is 1. The summed E-state index contributed by atoms with van der Waals surface area (Å²) in [6.07, 6.45) is 4.94. The van der Waals surface area contributed by atoms with Crippen LogP contribution in [0.25, 0.3) is 11.4 Å². The van der Waals surface area contributed by atoms with Crippen molar-refractivity contribution < 1.29 is 23.0 Å². The highest BCUT2D eigenvalue weighted by Crippen LogP contribution is 2.40. The number of hydrogen-bond donors (Lipinski definition) is 0. The maximum atomic E-state index is 13.2. The first-order valence-corrected chi connectivity index (χ1v) is 12.0. The van der Waals surface area contributed by atoms with Crippen molar-refractivity contribution in [2.45, 2.75) is 63.4 Å². The second kappa shape index (κ2) is 10.5. The lowest BCUT2D eigenvalue weighted by Crippen LogP contribution is -2.32. The number of hydrogen-bond acceptors (Lipinski definition) is 8. The van der Waals surface area contributed by atoms with Crippen LogP contribution in [0.15, 0.2) is 45.7 Å². The number of amides is 1. The highest BCUT2D eigenvalue weighted by atomic mass is 19.1. The van der Waals surface area contributed by atoms with Gasteiger partial charge < -0.3 is 18.7 Å². The van der Waals surface area contributed by atoms with Gasteiger partial charge in [-0.1, -0.05) is 29.0 Å². The fraction of sp³-hybridized carbons (Fsp3) is 0.480.